The summed E-state index contributed by atoms with van der Waals surface area (Å²) in [6.45, 7) is 2.94. The molecule has 1 aliphatic heterocycles. The molecule has 0 bridgehead atoms. The smallest absolute Gasteiger partial charge is 0.241 e. The third kappa shape index (κ3) is 4.40. The van der Waals surface area contributed by atoms with Crippen LogP contribution in [-0.2, 0) is 16.6 Å². The first kappa shape index (κ1) is 22.0. The summed E-state index contributed by atoms with van der Waals surface area (Å²) < 4.78 is 49.9. The van der Waals surface area contributed by atoms with E-state index < -0.39 is 20.6 Å². The van der Waals surface area contributed by atoms with Gasteiger partial charge in [-0.1, -0.05) is 29.8 Å². The summed E-state index contributed by atoms with van der Waals surface area (Å²) in [5.41, 5.74) is 7.76. The highest BCUT2D eigenvalue weighted by Crippen LogP contribution is 2.51. The van der Waals surface area contributed by atoms with E-state index in [4.69, 9.17) is 10.7 Å². The van der Waals surface area contributed by atoms with Crippen molar-refractivity contribution in [3.05, 3.63) is 59.7 Å². The van der Waals surface area contributed by atoms with Crippen molar-refractivity contribution in [2.45, 2.75) is 23.3 Å². The predicted octanol–water partition coefficient (Wildman–Crippen LogP) is 2.91. The van der Waals surface area contributed by atoms with E-state index in [-0.39, 0.29) is 23.7 Å². The van der Waals surface area contributed by atoms with Crippen LogP contribution in [0, 0.1) is 6.92 Å². The predicted molar refractivity (Wildman–Crippen MR) is 124 cm³/mol. The minimum Gasteiger partial charge on any atom is -0.351 e. The number of benzene rings is 2. The lowest BCUT2D eigenvalue weighted by molar-refractivity contribution is 0.488. The third-order valence-electron chi connectivity index (χ3n) is 5.29. The van der Waals surface area contributed by atoms with Crippen LogP contribution in [0.15, 0.2) is 58.3 Å². The van der Waals surface area contributed by atoms with E-state index in [2.05, 4.69) is 4.72 Å². The molecule has 0 saturated heterocycles. The van der Waals surface area contributed by atoms with Gasteiger partial charge in [-0.25, -0.2) is 18.1 Å². The van der Waals surface area contributed by atoms with E-state index in [0.29, 0.717) is 34.7 Å². The van der Waals surface area contributed by atoms with Crippen molar-refractivity contribution in [2.75, 3.05) is 30.3 Å². The number of aryl methyl sites for hydroxylation is 1. The van der Waals surface area contributed by atoms with Gasteiger partial charge in [-0.15, -0.1) is 0 Å². The average Bonchev–Trinajstić information content (AvgIpc) is 2.87. The summed E-state index contributed by atoms with van der Waals surface area (Å²) in [4.78, 5) is 7.27. The average molecular weight is 463 g/mol. The molecule has 31 heavy (non-hydrogen) atoms. The molecule has 8 nitrogen and oxygen atoms in total. The molecule has 0 unspecified atom stereocenters. The standard InChI is InChI=1S/C21H26N4O4S2/c1-15-6-7-18-17(12-15)20(31(28,29)23-9-8-22)13-21(24-18)25-10-11-30(26,27)19-5-3-2-4-16(19)14-25/h2-7,12-13,23,26-27H,8-11,14,22H2,1H3. The van der Waals surface area contributed by atoms with Gasteiger partial charge in [-0.05, 0) is 30.7 Å². The van der Waals surface area contributed by atoms with Gasteiger partial charge in [-0.3, -0.25) is 9.11 Å². The van der Waals surface area contributed by atoms with Crippen molar-refractivity contribution in [3.63, 3.8) is 0 Å². The third-order valence-corrected chi connectivity index (χ3v) is 8.65. The fourth-order valence-corrected chi connectivity index (χ4v) is 6.53. The molecule has 0 amide bonds. The first-order valence-corrected chi connectivity index (χ1v) is 13.1. The Bertz CT molecular complexity index is 1230. The number of nitrogens with two attached hydrogens (primary N) is 1. The summed E-state index contributed by atoms with van der Waals surface area (Å²) in [5, 5.41) is 0.535. The molecule has 4 rings (SSSR count). The van der Waals surface area contributed by atoms with Crippen LogP contribution >= 0.6 is 10.6 Å². The van der Waals surface area contributed by atoms with Gasteiger partial charge in [0.15, 0.2) is 0 Å². The maximum Gasteiger partial charge on any atom is 0.241 e. The molecular weight excluding hydrogens is 436 g/mol. The summed E-state index contributed by atoms with van der Waals surface area (Å²) in [6, 6.07) is 14.3. The summed E-state index contributed by atoms with van der Waals surface area (Å²) >= 11 is 0. The molecule has 10 heteroatoms. The number of pyridine rings is 1. The van der Waals surface area contributed by atoms with E-state index in [1.54, 1.807) is 30.3 Å². The minimum atomic E-state index is -3.81. The Kier molecular flexibility index (Phi) is 5.95. The van der Waals surface area contributed by atoms with Crippen LogP contribution in [0.2, 0.25) is 0 Å². The second kappa shape index (κ2) is 8.38. The number of nitrogens with one attached hydrogen (secondary N) is 1. The highest BCUT2D eigenvalue weighted by atomic mass is 32.3. The Morgan fingerprint density at radius 1 is 1.19 bits per heavy atom. The molecule has 0 fully saturated rings. The number of fused-ring (bicyclic) bond motifs is 2. The largest absolute Gasteiger partial charge is 0.351 e. The number of anilines is 1. The maximum absolute atomic E-state index is 13.0. The SMILES string of the molecule is Cc1ccc2nc(N3CCS(O)(O)c4ccccc4C3)cc(S(=O)(=O)NCCN)c2c1. The Labute approximate surface area is 183 Å². The second-order valence-corrected chi connectivity index (χ2v) is 11.5. The molecule has 2 heterocycles. The van der Waals surface area contributed by atoms with Gasteiger partial charge >= 0.3 is 0 Å². The molecule has 1 aliphatic rings. The van der Waals surface area contributed by atoms with Crippen molar-refractivity contribution in [1.82, 2.24) is 9.71 Å². The highest BCUT2D eigenvalue weighted by molar-refractivity contribution is 8.24. The number of aromatic nitrogens is 1. The van der Waals surface area contributed by atoms with Crippen LogP contribution < -0.4 is 15.4 Å². The topological polar surface area (TPSA) is 129 Å². The van der Waals surface area contributed by atoms with Gasteiger partial charge in [0.05, 0.1) is 21.1 Å². The first-order chi connectivity index (χ1) is 14.7. The van der Waals surface area contributed by atoms with Crippen LogP contribution in [0.1, 0.15) is 11.1 Å². The highest BCUT2D eigenvalue weighted by Gasteiger charge is 2.28. The molecule has 0 saturated carbocycles. The summed E-state index contributed by atoms with van der Waals surface area (Å²) in [5.74, 6) is 0.613. The summed E-state index contributed by atoms with van der Waals surface area (Å²) in [7, 11) is -6.74. The lowest BCUT2D eigenvalue weighted by Gasteiger charge is -2.32. The molecule has 166 valence electrons. The zero-order chi connectivity index (χ0) is 22.2. The number of hydrogen-bond acceptors (Lipinski definition) is 7. The van der Waals surface area contributed by atoms with E-state index >= 15 is 0 Å². The van der Waals surface area contributed by atoms with Crippen molar-refractivity contribution in [3.8, 4) is 0 Å². The van der Waals surface area contributed by atoms with Gasteiger partial charge in [0.25, 0.3) is 0 Å². The van der Waals surface area contributed by atoms with Gasteiger partial charge in [-0.2, -0.15) is 10.6 Å². The quantitative estimate of drug-likeness (QED) is 0.459. The lowest BCUT2D eigenvalue weighted by Crippen LogP contribution is -2.30. The first-order valence-electron chi connectivity index (χ1n) is 9.91. The van der Waals surface area contributed by atoms with E-state index in [0.717, 1.165) is 11.1 Å². The van der Waals surface area contributed by atoms with E-state index in [9.17, 15) is 17.5 Å². The minimum absolute atomic E-state index is 0.130. The summed E-state index contributed by atoms with van der Waals surface area (Å²) in [6.07, 6.45) is 0. The molecule has 0 spiro atoms. The Hall–Kier alpha value is -2.21. The monoisotopic (exact) mass is 462 g/mol. The van der Waals surface area contributed by atoms with Crippen molar-refractivity contribution < 1.29 is 17.5 Å². The molecule has 0 radical (unpaired) electrons. The van der Waals surface area contributed by atoms with Gasteiger partial charge in [0.1, 0.15) is 5.82 Å². The number of nitrogens with zero attached hydrogens (tertiary/aromatic N) is 2. The van der Waals surface area contributed by atoms with Crippen LogP contribution in [-0.4, -0.2) is 47.9 Å². The number of rotatable bonds is 5. The van der Waals surface area contributed by atoms with Crippen LogP contribution in [0.4, 0.5) is 5.82 Å². The lowest BCUT2D eigenvalue weighted by atomic mass is 10.1. The van der Waals surface area contributed by atoms with Crippen LogP contribution in [0.25, 0.3) is 10.9 Å². The van der Waals surface area contributed by atoms with E-state index in [1.807, 2.05) is 30.0 Å². The zero-order valence-corrected chi connectivity index (χ0v) is 18.8. The van der Waals surface area contributed by atoms with Crippen molar-refractivity contribution in [2.24, 2.45) is 5.73 Å². The number of hydrogen-bond donors (Lipinski definition) is 4. The Morgan fingerprint density at radius 2 is 1.97 bits per heavy atom. The molecule has 5 N–H and O–H groups in total. The fourth-order valence-electron chi connectivity index (χ4n) is 3.73. The van der Waals surface area contributed by atoms with Gasteiger partial charge in [0, 0.05) is 37.6 Å². The van der Waals surface area contributed by atoms with Crippen molar-refractivity contribution >= 4 is 37.3 Å². The van der Waals surface area contributed by atoms with Gasteiger partial charge in [0.2, 0.25) is 10.0 Å². The second-order valence-electron chi connectivity index (χ2n) is 7.59. The van der Waals surface area contributed by atoms with Crippen LogP contribution in [0.3, 0.4) is 0 Å². The van der Waals surface area contributed by atoms with Crippen molar-refractivity contribution in [1.29, 1.82) is 0 Å². The molecule has 3 aromatic rings. The molecule has 1 aromatic heterocycles. The zero-order valence-electron chi connectivity index (χ0n) is 17.2. The normalized spacial score (nSPS) is 17.2. The molecule has 0 atom stereocenters. The fraction of sp³-hybridized carbons (Fsp3) is 0.286. The van der Waals surface area contributed by atoms with Crippen LogP contribution in [0.5, 0.6) is 0 Å². The Balaban J connectivity index is 1.84. The maximum atomic E-state index is 13.0. The molecular formula is C21H26N4O4S2. The number of sulfonamides is 1. The molecule has 0 aliphatic carbocycles. The Morgan fingerprint density at radius 3 is 2.74 bits per heavy atom. The van der Waals surface area contributed by atoms with E-state index in [1.165, 1.54) is 0 Å². The van der Waals surface area contributed by atoms with Gasteiger partial charge < -0.3 is 10.6 Å². The molecule has 2 aromatic carbocycles.